The number of nitrogens with zero attached hydrogens (tertiary/aromatic N) is 1. The largest absolute Gasteiger partial charge is 0.382 e. The maximum atomic E-state index is 12.7. The lowest BCUT2D eigenvalue weighted by atomic mass is 9.77. The lowest BCUT2D eigenvalue weighted by Gasteiger charge is -2.38. The predicted octanol–water partition coefficient (Wildman–Crippen LogP) is 1.83. The smallest absolute Gasteiger partial charge is 0.330 e. The molecule has 1 aliphatic carbocycles. The summed E-state index contributed by atoms with van der Waals surface area (Å²) >= 11 is 0. The molecule has 6 heteroatoms. The van der Waals surface area contributed by atoms with Crippen LogP contribution in [0.15, 0.2) is 0 Å². The molecule has 2 rings (SSSR count). The van der Waals surface area contributed by atoms with Crippen LogP contribution in [-0.4, -0.2) is 42.5 Å². The summed E-state index contributed by atoms with van der Waals surface area (Å²) < 4.78 is 5.24. The third-order valence-electron chi connectivity index (χ3n) is 4.39. The molecule has 118 valence electrons. The van der Waals surface area contributed by atoms with Crippen molar-refractivity contribution in [3.8, 4) is 0 Å². The highest BCUT2D eigenvalue weighted by Crippen LogP contribution is 2.39. The summed E-state index contributed by atoms with van der Waals surface area (Å²) in [5.74, 6) is -0.713. The van der Waals surface area contributed by atoms with Crippen molar-refractivity contribution in [2.75, 3.05) is 19.8 Å². The second kappa shape index (κ2) is 7.02. The normalized spacial score (nSPS) is 22.3. The van der Waals surface area contributed by atoms with E-state index in [1.807, 2.05) is 6.92 Å². The number of barbiturate groups is 1. The van der Waals surface area contributed by atoms with Gasteiger partial charge in [-0.1, -0.05) is 25.7 Å². The molecule has 0 bridgehead atoms. The molecule has 4 amide bonds. The van der Waals surface area contributed by atoms with Crippen molar-refractivity contribution in [1.29, 1.82) is 0 Å². The average molecular weight is 296 g/mol. The Balaban J connectivity index is 2.09. The van der Waals surface area contributed by atoms with Crippen molar-refractivity contribution in [2.45, 2.75) is 51.9 Å². The van der Waals surface area contributed by atoms with Gasteiger partial charge in [0.15, 0.2) is 0 Å². The minimum absolute atomic E-state index is 0.305. The Bertz CT molecular complexity index is 414. The highest BCUT2D eigenvalue weighted by atomic mass is 16.5. The Hall–Kier alpha value is -1.43. The molecule has 2 fully saturated rings. The number of hydrogen-bond acceptors (Lipinski definition) is 4. The molecule has 1 saturated heterocycles. The molecule has 1 spiro atoms. The van der Waals surface area contributed by atoms with Gasteiger partial charge in [-0.2, -0.15) is 0 Å². The summed E-state index contributed by atoms with van der Waals surface area (Å²) in [6.07, 6.45) is 5.50. The van der Waals surface area contributed by atoms with Gasteiger partial charge in [-0.05, 0) is 26.2 Å². The van der Waals surface area contributed by atoms with Gasteiger partial charge in [0.2, 0.25) is 11.8 Å². The van der Waals surface area contributed by atoms with E-state index in [9.17, 15) is 14.4 Å². The van der Waals surface area contributed by atoms with E-state index in [4.69, 9.17) is 4.74 Å². The minimum Gasteiger partial charge on any atom is -0.382 e. The minimum atomic E-state index is -1.02. The van der Waals surface area contributed by atoms with E-state index in [2.05, 4.69) is 5.32 Å². The van der Waals surface area contributed by atoms with E-state index in [0.29, 0.717) is 39.0 Å². The fraction of sp³-hybridized carbons (Fsp3) is 0.800. The van der Waals surface area contributed by atoms with Crippen LogP contribution in [0.1, 0.15) is 51.9 Å². The zero-order valence-corrected chi connectivity index (χ0v) is 12.7. The Kier molecular flexibility index (Phi) is 5.33. The predicted molar refractivity (Wildman–Crippen MR) is 76.5 cm³/mol. The molecule has 6 nitrogen and oxygen atoms in total. The Morgan fingerprint density at radius 1 is 1.14 bits per heavy atom. The van der Waals surface area contributed by atoms with Crippen LogP contribution in [0.5, 0.6) is 0 Å². The third kappa shape index (κ3) is 3.26. The van der Waals surface area contributed by atoms with Crippen LogP contribution in [-0.2, 0) is 14.3 Å². The maximum absolute atomic E-state index is 12.7. The maximum Gasteiger partial charge on any atom is 0.330 e. The van der Waals surface area contributed by atoms with E-state index in [-0.39, 0.29) is 5.91 Å². The highest BCUT2D eigenvalue weighted by molar-refractivity contribution is 6.19. The van der Waals surface area contributed by atoms with Gasteiger partial charge in [0.25, 0.3) is 0 Å². The third-order valence-corrected chi connectivity index (χ3v) is 4.39. The van der Waals surface area contributed by atoms with Crippen LogP contribution in [0, 0.1) is 5.41 Å². The lowest BCUT2D eigenvalue weighted by Crippen LogP contribution is -2.63. The summed E-state index contributed by atoms with van der Waals surface area (Å²) in [4.78, 5) is 38.1. The molecule has 0 atom stereocenters. The molecule has 1 heterocycles. The van der Waals surface area contributed by atoms with Gasteiger partial charge >= 0.3 is 6.03 Å². The van der Waals surface area contributed by atoms with Crippen LogP contribution >= 0.6 is 0 Å². The van der Waals surface area contributed by atoms with Crippen LogP contribution in [0.2, 0.25) is 0 Å². The summed E-state index contributed by atoms with van der Waals surface area (Å²) in [6.45, 7) is 3.33. The molecule has 2 aliphatic rings. The average Bonchev–Trinajstić information content (AvgIpc) is 2.72. The van der Waals surface area contributed by atoms with Gasteiger partial charge in [-0.25, -0.2) is 4.79 Å². The van der Waals surface area contributed by atoms with Gasteiger partial charge in [0, 0.05) is 19.8 Å². The summed E-state index contributed by atoms with van der Waals surface area (Å²) in [5, 5.41) is 2.38. The molecule has 0 aromatic heterocycles. The summed E-state index contributed by atoms with van der Waals surface area (Å²) in [6, 6.07) is -0.587. The molecule has 0 aromatic rings. The topological polar surface area (TPSA) is 75.7 Å². The van der Waals surface area contributed by atoms with Gasteiger partial charge < -0.3 is 4.74 Å². The quantitative estimate of drug-likeness (QED) is 0.620. The monoisotopic (exact) mass is 296 g/mol. The number of ether oxygens (including phenoxy) is 1. The van der Waals surface area contributed by atoms with Crippen LogP contribution in [0.4, 0.5) is 4.79 Å². The number of nitrogens with one attached hydrogen (secondary N) is 1. The van der Waals surface area contributed by atoms with E-state index in [1.165, 1.54) is 4.90 Å². The van der Waals surface area contributed by atoms with E-state index in [0.717, 1.165) is 25.7 Å². The van der Waals surface area contributed by atoms with Gasteiger partial charge in [0.1, 0.15) is 5.41 Å². The number of carbonyl (C=O) groups is 3. The first-order chi connectivity index (χ1) is 10.1. The van der Waals surface area contributed by atoms with Gasteiger partial charge in [0.05, 0.1) is 0 Å². The molecule has 1 aliphatic heterocycles. The lowest BCUT2D eigenvalue weighted by molar-refractivity contribution is -0.152. The number of carbonyl (C=O) groups excluding carboxylic acids is 3. The molecule has 0 radical (unpaired) electrons. The van der Waals surface area contributed by atoms with Crippen molar-refractivity contribution < 1.29 is 19.1 Å². The number of imide groups is 2. The first kappa shape index (κ1) is 15.9. The highest BCUT2D eigenvalue weighted by Gasteiger charge is 2.53. The molecule has 21 heavy (non-hydrogen) atoms. The number of amides is 4. The number of rotatable bonds is 5. The fourth-order valence-corrected chi connectivity index (χ4v) is 3.18. The molecular weight excluding hydrogens is 272 g/mol. The van der Waals surface area contributed by atoms with Crippen molar-refractivity contribution in [3.05, 3.63) is 0 Å². The number of urea groups is 1. The number of hydrogen-bond donors (Lipinski definition) is 1. The first-order valence-electron chi connectivity index (χ1n) is 7.87. The van der Waals surface area contributed by atoms with E-state index >= 15 is 0 Å². The molecule has 1 saturated carbocycles. The fourth-order valence-electron chi connectivity index (χ4n) is 3.18. The van der Waals surface area contributed by atoms with E-state index < -0.39 is 17.4 Å². The van der Waals surface area contributed by atoms with Crippen molar-refractivity contribution in [1.82, 2.24) is 10.2 Å². The van der Waals surface area contributed by atoms with Gasteiger partial charge in [-0.15, -0.1) is 0 Å². The van der Waals surface area contributed by atoms with E-state index in [1.54, 1.807) is 0 Å². The Labute approximate surface area is 125 Å². The first-order valence-corrected chi connectivity index (χ1v) is 7.87. The standard InChI is InChI=1S/C15H24N2O4/c1-2-21-11-7-10-17-13(19)15(12(18)16-14(17)20)8-5-3-4-6-9-15/h2-11H2,1H3,(H,16,18,20). The second-order valence-corrected chi connectivity index (χ2v) is 5.76. The molecular formula is C15H24N2O4. The Morgan fingerprint density at radius 2 is 1.81 bits per heavy atom. The summed E-state index contributed by atoms with van der Waals surface area (Å²) in [5.41, 5.74) is -1.02. The van der Waals surface area contributed by atoms with Crippen molar-refractivity contribution in [3.63, 3.8) is 0 Å². The Morgan fingerprint density at radius 3 is 2.43 bits per heavy atom. The second-order valence-electron chi connectivity index (χ2n) is 5.76. The van der Waals surface area contributed by atoms with Crippen LogP contribution < -0.4 is 5.32 Å². The van der Waals surface area contributed by atoms with Crippen molar-refractivity contribution >= 4 is 17.8 Å². The molecule has 1 N–H and O–H groups in total. The van der Waals surface area contributed by atoms with Crippen LogP contribution in [0.25, 0.3) is 0 Å². The van der Waals surface area contributed by atoms with Gasteiger partial charge in [-0.3, -0.25) is 19.8 Å². The van der Waals surface area contributed by atoms with Crippen LogP contribution in [0.3, 0.4) is 0 Å². The molecule has 0 aromatic carbocycles. The van der Waals surface area contributed by atoms with Crippen molar-refractivity contribution in [2.24, 2.45) is 5.41 Å². The SMILES string of the molecule is CCOCCCN1C(=O)NC(=O)C2(CCCCCC2)C1=O. The zero-order valence-electron chi connectivity index (χ0n) is 12.7. The molecule has 0 unspecified atom stereocenters. The zero-order chi connectivity index (χ0) is 15.3. The summed E-state index contributed by atoms with van der Waals surface area (Å²) in [7, 11) is 0.